The van der Waals surface area contributed by atoms with Crippen molar-refractivity contribution in [1.29, 1.82) is 0 Å². The summed E-state index contributed by atoms with van der Waals surface area (Å²) in [5, 5.41) is 0. The van der Waals surface area contributed by atoms with Crippen LogP contribution in [-0.4, -0.2) is 25.1 Å². The Kier molecular flexibility index (Phi) is 10.6. The molecule has 2 heteroatoms. The van der Waals surface area contributed by atoms with Crippen LogP contribution < -0.4 is 12.4 Å². The van der Waals surface area contributed by atoms with E-state index in [1.54, 1.807) is 14.1 Å². The minimum Gasteiger partial charge on any atom is -1.00 e. The Hall–Kier alpha value is -0.530. The van der Waals surface area contributed by atoms with Gasteiger partial charge in [-0.1, -0.05) is 114 Å². The van der Waals surface area contributed by atoms with E-state index in [0.717, 1.165) is 19.3 Å². The van der Waals surface area contributed by atoms with Gasteiger partial charge in [-0.15, -0.1) is 0 Å². The van der Waals surface area contributed by atoms with Gasteiger partial charge in [0.1, 0.15) is 6.50 Å². The van der Waals surface area contributed by atoms with Crippen molar-refractivity contribution in [3.63, 3.8) is 0 Å². The summed E-state index contributed by atoms with van der Waals surface area (Å²) >= 11 is 0. The van der Waals surface area contributed by atoms with Crippen LogP contribution in [0.25, 0.3) is 0 Å². The fraction of sp³-hybridized carbons (Fsp3) is 0.760. The fourth-order valence-corrected chi connectivity index (χ4v) is 3.37. The van der Waals surface area contributed by atoms with Crippen molar-refractivity contribution in [3.8, 4) is 0 Å². The van der Waals surface area contributed by atoms with Gasteiger partial charge in [0, 0.05) is 5.56 Å². The molecule has 1 aromatic rings. The molecular formula is C25H46ClN. The number of quaternary nitrogens is 1. The van der Waals surface area contributed by atoms with E-state index in [2.05, 4.69) is 6.92 Å². The predicted octanol–water partition coefficient (Wildman–Crippen LogP) is 4.75. The summed E-state index contributed by atoms with van der Waals surface area (Å²) in [6, 6.07) is -2.34. The average molecular weight is 403 g/mol. The lowest BCUT2D eigenvalue weighted by Crippen LogP contribution is -3.00. The smallest absolute Gasteiger partial charge is 0.104 e. The van der Waals surface area contributed by atoms with Crippen LogP contribution >= 0.6 is 0 Å². The van der Waals surface area contributed by atoms with Gasteiger partial charge in [0.25, 0.3) is 0 Å². The Balaban J connectivity index is 0.0000109. The van der Waals surface area contributed by atoms with Crippen LogP contribution in [0.4, 0.5) is 0 Å². The van der Waals surface area contributed by atoms with Crippen LogP contribution in [0.5, 0.6) is 0 Å². The van der Waals surface area contributed by atoms with Crippen molar-refractivity contribution in [2.75, 3.05) is 20.6 Å². The van der Waals surface area contributed by atoms with E-state index in [4.69, 9.17) is 9.60 Å². The van der Waals surface area contributed by atoms with E-state index in [9.17, 15) is 0 Å². The van der Waals surface area contributed by atoms with E-state index < -0.39 is 36.7 Å². The van der Waals surface area contributed by atoms with Crippen LogP contribution in [0, 0.1) is 0 Å². The molecule has 1 rings (SSSR count). The summed E-state index contributed by atoms with van der Waals surface area (Å²) in [5.74, 6) is 0. The zero-order valence-electron chi connectivity index (χ0n) is 24.9. The molecule has 0 unspecified atom stereocenters. The molecule has 0 amide bonds. The summed E-state index contributed by atoms with van der Waals surface area (Å²) < 4.78 is 57.0. The lowest BCUT2D eigenvalue weighted by atomic mass is 10.0. The molecule has 0 N–H and O–H groups in total. The van der Waals surface area contributed by atoms with Crippen molar-refractivity contribution < 1.29 is 26.5 Å². The summed E-state index contributed by atoms with van der Waals surface area (Å²) in [6.45, 7) is 0.722. The van der Waals surface area contributed by atoms with Crippen molar-refractivity contribution in [1.82, 2.24) is 0 Å². The van der Waals surface area contributed by atoms with Gasteiger partial charge in [-0.3, -0.25) is 0 Å². The monoisotopic (exact) mass is 402 g/mol. The van der Waals surface area contributed by atoms with Gasteiger partial charge in [0.15, 0.2) is 0 Å². The second kappa shape index (κ2) is 17.6. The first-order valence-electron chi connectivity index (χ1n) is 14.4. The molecule has 158 valence electrons. The first-order chi connectivity index (χ1) is 15.5. The quantitative estimate of drug-likeness (QED) is 0.260. The maximum atomic E-state index is 8.66. The van der Waals surface area contributed by atoms with Gasteiger partial charge in [0.2, 0.25) is 0 Å². The third kappa shape index (κ3) is 16.2. The first-order valence-corrected chi connectivity index (χ1v) is 10.9. The molecule has 0 saturated carbocycles. The van der Waals surface area contributed by atoms with Gasteiger partial charge in [-0.05, 0) is 12.8 Å². The minimum absolute atomic E-state index is 0. The number of hydrogen-bond acceptors (Lipinski definition) is 0. The van der Waals surface area contributed by atoms with Crippen molar-refractivity contribution in [3.05, 3.63) is 35.8 Å². The van der Waals surface area contributed by atoms with Gasteiger partial charge < -0.3 is 16.9 Å². The van der Waals surface area contributed by atoms with Gasteiger partial charge in [-0.2, -0.15) is 0 Å². The Morgan fingerprint density at radius 2 is 1.11 bits per heavy atom. The second-order valence-corrected chi connectivity index (χ2v) is 8.12. The Labute approximate surface area is 186 Å². The molecular weight excluding hydrogens is 350 g/mol. The SMILES string of the molecule is [2H]c1c([2H])c([2H])c(C([2H])([2H])[N+](C)(C)CCCCCCCCCCCCCCCC)c([2H])c1[2H].[Cl-]. The van der Waals surface area contributed by atoms with Crippen LogP contribution in [0.2, 0.25) is 0 Å². The minimum atomic E-state index is -2.08. The van der Waals surface area contributed by atoms with Crippen LogP contribution in [0.15, 0.2) is 30.2 Å². The molecule has 27 heavy (non-hydrogen) atoms. The number of halogens is 1. The Morgan fingerprint density at radius 1 is 0.704 bits per heavy atom. The van der Waals surface area contributed by atoms with E-state index in [-0.39, 0.29) is 22.5 Å². The van der Waals surface area contributed by atoms with Gasteiger partial charge in [0.05, 0.1) is 30.2 Å². The fourth-order valence-electron chi connectivity index (χ4n) is 3.37. The number of rotatable bonds is 17. The van der Waals surface area contributed by atoms with Crippen LogP contribution in [-0.2, 0) is 6.50 Å². The molecule has 0 fully saturated rings. The van der Waals surface area contributed by atoms with Crippen molar-refractivity contribution >= 4 is 0 Å². The standard InChI is InChI=1S/C25H46N.ClH/c1-4-5-6-7-8-9-10-11-12-13-14-15-16-20-23-26(2,3)24-25-21-18-17-19-22-25;/h17-19,21-22H,4-16,20,23-24H2,1-3H3;1H/q+1;/p-1/i17D,18D,19D,21D,22D,24D2;. The second-order valence-electron chi connectivity index (χ2n) is 8.12. The highest BCUT2D eigenvalue weighted by Crippen LogP contribution is 2.14. The molecule has 0 spiro atoms. The van der Waals surface area contributed by atoms with Crippen LogP contribution in [0.3, 0.4) is 0 Å². The zero-order valence-corrected chi connectivity index (χ0v) is 18.7. The third-order valence-corrected chi connectivity index (χ3v) is 4.99. The molecule has 1 aromatic carbocycles. The van der Waals surface area contributed by atoms with E-state index in [1.165, 1.54) is 70.6 Å². The van der Waals surface area contributed by atoms with Crippen molar-refractivity contribution in [2.45, 2.75) is 103 Å². The molecule has 0 aliphatic carbocycles. The summed E-state index contributed by atoms with van der Waals surface area (Å²) in [4.78, 5) is 0. The summed E-state index contributed by atoms with van der Waals surface area (Å²) in [6.07, 6.45) is 17.7. The Morgan fingerprint density at radius 3 is 1.56 bits per heavy atom. The normalized spacial score (nSPS) is 15.6. The van der Waals surface area contributed by atoms with Gasteiger partial charge >= 0.3 is 0 Å². The zero-order chi connectivity index (χ0) is 25.1. The number of hydrogen-bond donors (Lipinski definition) is 0. The lowest BCUT2D eigenvalue weighted by Gasteiger charge is -2.30. The molecule has 0 aliphatic heterocycles. The molecule has 0 aromatic heterocycles. The maximum absolute atomic E-state index is 8.66. The van der Waals surface area contributed by atoms with Crippen molar-refractivity contribution in [2.24, 2.45) is 0 Å². The van der Waals surface area contributed by atoms with E-state index in [0.29, 0.717) is 6.54 Å². The average Bonchev–Trinajstić information content (AvgIpc) is 2.76. The number of nitrogens with zero attached hydrogens (tertiary/aromatic N) is 1. The highest BCUT2D eigenvalue weighted by atomic mass is 35.5. The van der Waals surface area contributed by atoms with E-state index >= 15 is 0 Å². The molecule has 0 atom stereocenters. The van der Waals surface area contributed by atoms with Crippen LogP contribution in [0.1, 0.15) is 112 Å². The highest BCUT2D eigenvalue weighted by molar-refractivity contribution is 5.13. The summed E-state index contributed by atoms with van der Waals surface area (Å²) in [7, 11) is 3.48. The topological polar surface area (TPSA) is 0 Å². The molecule has 0 saturated heterocycles. The molecule has 0 heterocycles. The summed E-state index contributed by atoms with van der Waals surface area (Å²) in [5.41, 5.74) is -0.246. The van der Waals surface area contributed by atoms with E-state index in [1.807, 2.05) is 0 Å². The first kappa shape index (κ1) is 16.3. The molecule has 1 nitrogen and oxygen atoms in total. The lowest BCUT2D eigenvalue weighted by molar-refractivity contribution is -0.903. The largest absolute Gasteiger partial charge is 1.00 e. The maximum Gasteiger partial charge on any atom is 0.104 e. The third-order valence-electron chi connectivity index (χ3n) is 4.99. The molecule has 0 aliphatic rings. The highest BCUT2D eigenvalue weighted by Gasteiger charge is 2.14. The van der Waals surface area contributed by atoms with Gasteiger partial charge in [-0.25, -0.2) is 0 Å². The predicted molar refractivity (Wildman–Crippen MR) is 117 cm³/mol. The molecule has 0 bridgehead atoms. The molecule has 0 radical (unpaired) electrons. The Bertz CT molecular complexity index is 697. The number of unbranched alkanes of at least 4 members (excludes halogenated alkanes) is 13. The number of benzene rings is 1.